The number of rotatable bonds is 3. The van der Waals surface area contributed by atoms with Crippen molar-refractivity contribution < 1.29 is 22.7 Å². The fourth-order valence-corrected chi connectivity index (χ4v) is 2.76. The number of aromatic nitrogens is 1. The van der Waals surface area contributed by atoms with Gasteiger partial charge in [-0.15, -0.1) is 0 Å². The molecule has 26 heavy (non-hydrogen) atoms. The summed E-state index contributed by atoms with van der Waals surface area (Å²) in [4.78, 5) is 17.8. The van der Waals surface area contributed by atoms with Crippen molar-refractivity contribution in [3.05, 3.63) is 54.4 Å². The Bertz CT molecular complexity index is 745. The van der Waals surface area contributed by atoms with Crippen LogP contribution < -0.4 is 10.1 Å². The Morgan fingerprint density at radius 1 is 1.19 bits per heavy atom. The van der Waals surface area contributed by atoms with Gasteiger partial charge in [0.2, 0.25) is 0 Å². The minimum atomic E-state index is -4.44. The first-order valence-electron chi connectivity index (χ1n) is 8.22. The molecule has 1 N–H and O–H groups in total. The van der Waals surface area contributed by atoms with Gasteiger partial charge in [0.05, 0.1) is 11.8 Å². The molecule has 2 amide bonds. The molecule has 3 rings (SSSR count). The molecule has 138 valence electrons. The number of anilines is 1. The maximum Gasteiger partial charge on any atom is 0.416 e. The lowest BCUT2D eigenvalue weighted by molar-refractivity contribution is -0.137. The molecule has 2 heterocycles. The van der Waals surface area contributed by atoms with Crippen LogP contribution in [0.2, 0.25) is 0 Å². The van der Waals surface area contributed by atoms with Crippen LogP contribution >= 0.6 is 0 Å². The van der Waals surface area contributed by atoms with E-state index in [1.807, 2.05) is 6.07 Å². The molecule has 0 radical (unpaired) electrons. The van der Waals surface area contributed by atoms with Crippen LogP contribution in [0.15, 0.2) is 48.8 Å². The van der Waals surface area contributed by atoms with Crippen LogP contribution in [0.3, 0.4) is 0 Å². The molecular weight excluding hydrogens is 347 g/mol. The quantitative estimate of drug-likeness (QED) is 0.888. The van der Waals surface area contributed by atoms with Crippen LogP contribution in [-0.4, -0.2) is 35.1 Å². The summed E-state index contributed by atoms with van der Waals surface area (Å²) in [6.45, 7) is 0.936. The molecule has 2 aromatic rings. The van der Waals surface area contributed by atoms with Gasteiger partial charge < -0.3 is 15.0 Å². The molecule has 1 fully saturated rings. The maximum atomic E-state index is 12.7. The number of benzene rings is 1. The average Bonchev–Trinajstić information content (AvgIpc) is 2.63. The van der Waals surface area contributed by atoms with Gasteiger partial charge in [-0.2, -0.15) is 13.2 Å². The molecule has 0 aliphatic carbocycles. The second-order valence-electron chi connectivity index (χ2n) is 6.00. The Balaban J connectivity index is 1.52. The van der Waals surface area contributed by atoms with Gasteiger partial charge in [-0.25, -0.2) is 4.79 Å². The first-order valence-corrected chi connectivity index (χ1v) is 8.22. The molecule has 1 aliphatic rings. The fraction of sp³-hybridized carbons (Fsp3) is 0.333. The van der Waals surface area contributed by atoms with Crippen molar-refractivity contribution in [2.45, 2.75) is 25.1 Å². The molecular formula is C18H18F3N3O2. The van der Waals surface area contributed by atoms with Gasteiger partial charge in [-0.1, -0.05) is 6.07 Å². The largest absolute Gasteiger partial charge is 0.489 e. The summed E-state index contributed by atoms with van der Waals surface area (Å²) in [5.41, 5.74) is -0.669. The number of urea groups is 1. The molecule has 5 nitrogen and oxygen atoms in total. The van der Waals surface area contributed by atoms with Crippen LogP contribution in [0.5, 0.6) is 5.75 Å². The highest BCUT2D eigenvalue weighted by Gasteiger charge is 2.31. The van der Waals surface area contributed by atoms with E-state index in [-0.39, 0.29) is 11.8 Å². The first-order chi connectivity index (χ1) is 12.4. The highest BCUT2D eigenvalue weighted by atomic mass is 19.4. The third-order valence-corrected chi connectivity index (χ3v) is 4.11. The summed E-state index contributed by atoms with van der Waals surface area (Å²) in [6.07, 6.45) is 0.121. The number of hydrogen-bond donors (Lipinski definition) is 1. The number of halogens is 3. The molecule has 0 spiro atoms. The Kier molecular flexibility index (Phi) is 5.29. The van der Waals surface area contributed by atoms with Gasteiger partial charge in [0.25, 0.3) is 0 Å². The van der Waals surface area contributed by atoms with Gasteiger partial charge in [0.15, 0.2) is 0 Å². The second kappa shape index (κ2) is 7.63. The molecule has 1 saturated heterocycles. The zero-order valence-corrected chi connectivity index (χ0v) is 13.9. The van der Waals surface area contributed by atoms with E-state index in [0.29, 0.717) is 31.7 Å². The molecule has 0 unspecified atom stereocenters. The molecule has 8 heteroatoms. The summed E-state index contributed by atoms with van der Waals surface area (Å²) in [6, 6.07) is 7.79. The monoisotopic (exact) mass is 365 g/mol. The van der Waals surface area contributed by atoms with Crippen molar-refractivity contribution in [2.24, 2.45) is 0 Å². The van der Waals surface area contributed by atoms with Crippen molar-refractivity contribution in [1.29, 1.82) is 0 Å². The van der Waals surface area contributed by atoms with E-state index in [0.717, 1.165) is 12.1 Å². The summed E-state index contributed by atoms with van der Waals surface area (Å²) >= 11 is 0. The van der Waals surface area contributed by atoms with Crippen molar-refractivity contribution in [1.82, 2.24) is 9.88 Å². The number of carbonyl (C=O) groups is 1. The zero-order chi connectivity index (χ0) is 18.6. The Hall–Kier alpha value is -2.77. The van der Waals surface area contributed by atoms with E-state index >= 15 is 0 Å². The van der Waals surface area contributed by atoms with Gasteiger partial charge in [-0.05, 0) is 30.3 Å². The minimum Gasteiger partial charge on any atom is -0.489 e. The lowest BCUT2D eigenvalue weighted by Crippen LogP contribution is -2.43. The van der Waals surface area contributed by atoms with E-state index in [1.54, 1.807) is 23.4 Å². The van der Waals surface area contributed by atoms with Crippen molar-refractivity contribution >= 4 is 11.7 Å². The van der Waals surface area contributed by atoms with Crippen molar-refractivity contribution in [3.8, 4) is 5.75 Å². The second-order valence-corrected chi connectivity index (χ2v) is 6.00. The third-order valence-electron chi connectivity index (χ3n) is 4.11. The van der Waals surface area contributed by atoms with Crippen LogP contribution in [0.1, 0.15) is 18.4 Å². The number of pyridine rings is 1. The topological polar surface area (TPSA) is 54.5 Å². The average molecular weight is 365 g/mol. The molecule has 1 aliphatic heterocycles. The third kappa shape index (κ3) is 4.65. The predicted octanol–water partition coefficient (Wildman–Crippen LogP) is 4.18. The molecule has 0 saturated carbocycles. The highest BCUT2D eigenvalue weighted by molar-refractivity contribution is 5.89. The number of ether oxygens (including phenoxy) is 1. The smallest absolute Gasteiger partial charge is 0.416 e. The first kappa shape index (κ1) is 18.0. The van der Waals surface area contributed by atoms with E-state index in [9.17, 15) is 18.0 Å². The SMILES string of the molecule is O=C(Nc1cccc(C(F)(F)F)c1)N1CCC(Oc2cccnc2)CC1. The predicted molar refractivity (Wildman–Crippen MR) is 89.9 cm³/mol. The van der Waals surface area contributed by atoms with Crippen molar-refractivity contribution in [3.63, 3.8) is 0 Å². The summed E-state index contributed by atoms with van der Waals surface area (Å²) in [5, 5.41) is 2.52. The molecule has 1 aromatic carbocycles. The number of piperidine rings is 1. The minimum absolute atomic E-state index is 0.0168. The van der Waals surface area contributed by atoms with E-state index < -0.39 is 17.8 Å². The van der Waals surface area contributed by atoms with Gasteiger partial charge in [0, 0.05) is 37.8 Å². The lowest BCUT2D eigenvalue weighted by atomic mass is 10.1. The van der Waals surface area contributed by atoms with Crippen LogP contribution in [0.4, 0.5) is 23.7 Å². The number of carbonyl (C=O) groups excluding carboxylic acids is 1. The van der Waals surface area contributed by atoms with Gasteiger partial charge >= 0.3 is 12.2 Å². The number of alkyl halides is 3. The normalized spacial score (nSPS) is 15.6. The number of hydrogen-bond acceptors (Lipinski definition) is 3. The van der Waals surface area contributed by atoms with Crippen LogP contribution in [-0.2, 0) is 6.18 Å². The highest BCUT2D eigenvalue weighted by Crippen LogP contribution is 2.30. The number of nitrogens with zero attached hydrogens (tertiary/aromatic N) is 2. The van der Waals surface area contributed by atoms with Crippen molar-refractivity contribution in [2.75, 3.05) is 18.4 Å². The molecule has 0 atom stereocenters. The van der Waals surface area contributed by atoms with Gasteiger partial charge in [0.1, 0.15) is 11.9 Å². The van der Waals surface area contributed by atoms with Gasteiger partial charge in [-0.3, -0.25) is 4.98 Å². The maximum absolute atomic E-state index is 12.7. The standard InChI is InChI=1S/C18H18F3N3O2/c19-18(20,21)13-3-1-4-14(11-13)23-17(25)24-9-6-15(7-10-24)26-16-5-2-8-22-12-16/h1-5,8,11-12,15H,6-7,9-10H2,(H,23,25). The van der Waals surface area contributed by atoms with Crippen LogP contribution in [0, 0.1) is 0 Å². The number of amides is 2. The lowest BCUT2D eigenvalue weighted by Gasteiger charge is -2.32. The number of likely N-dealkylation sites (tertiary alicyclic amines) is 1. The summed E-state index contributed by atoms with van der Waals surface area (Å²) < 4.78 is 44.0. The Morgan fingerprint density at radius 2 is 1.96 bits per heavy atom. The molecule has 0 bridgehead atoms. The van der Waals surface area contributed by atoms with E-state index in [1.165, 1.54) is 12.1 Å². The summed E-state index contributed by atoms with van der Waals surface area (Å²) in [5.74, 6) is 0.680. The zero-order valence-electron chi connectivity index (χ0n) is 13.9. The molecule has 1 aromatic heterocycles. The van der Waals surface area contributed by atoms with E-state index in [4.69, 9.17) is 4.74 Å². The van der Waals surface area contributed by atoms with E-state index in [2.05, 4.69) is 10.3 Å². The fourth-order valence-electron chi connectivity index (χ4n) is 2.76. The Morgan fingerprint density at radius 3 is 2.62 bits per heavy atom. The summed E-state index contributed by atoms with van der Waals surface area (Å²) in [7, 11) is 0. The number of nitrogens with one attached hydrogen (secondary N) is 1. The van der Waals surface area contributed by atoms with Crippen LogP contribution in [0.25, 0.3) is 0 Å². The Labute approximate surface area is 148 Å².